The molecule has 0 aliphatic heterocycles. The Balaban J connectivity index is 2.39. The molecule has 1 aromatic carbocycles. The van der Waals surface area contributed by atoms with E-state index in [4.69, 9.17) is 10.5 Å². The fourth-order valence-electron chi connectivity index (χ4n) is 1.09. The van der Waals surface area contributed by atoms with Gasteiger partial charge >= 0.3 is 6.09 Å². The maximum atomic E-state index is 10.3. The lowest BCUT2D eigenvalue weighted by Gasteiger charge is -2.04. The highest BCUT2D eigenvalue weighted by molar-refractivity contribution is 5.64. The van der Waals surface area contributed by atoms with Crippen molar-refractivity contribution in [3.8, 4) is 5.75 Å². The van der Waals surface area contributed by atoms with E-state index in [1.807, 2.05) is 31.2 Å². The van der Waals surface area contributed by atoms with E-state index < -0.39 is 6.09 Å². The molecule has 2 N–H and O–H groups in total. The van der Waals surface area contributed by atoms with Gasteiger partial charge in [0.2, 0.25) is 0 Å². The summed E-state index contributed by atoms with van der Waals surface area (Å²) < 4.78 is 9.86. The Morgan fingerprint density at radius 3 is 2.60 bits per heavy atom. The first-order valence-electron chi connectivity index (χ1n) is 4.70. The van der Waals surface area contributed by atoms with E-state index in [0.717, 1.165) is 11.3 Å². The van der Waals surface area contributed by atoms with Crippen LogP contribution in [-0.4, -0.2) is 19.3 Å². The minimum Gasteiger partial charge on any atom is -0.494 e. The van der Waals surface area contributed by atoms with Gasteiger partial charge in [-0.2, -0.15) is 0 Å². The molecule has 0 heterocycles. The average Bonchev–Trinajstić information content (AvgIpc) is 2.20. The van der Waals surface area contributed by atoms with Crippen LogP contribution in [0.1, 0.15) is 12.5 Å². The highest BCUT2D eigenvalue weighted by Crippen LogP contribution is 2.13. The summed E-state index contributed by atoms with van der Waals surface area (Å²) in [4.78, 5) is 10.3. The fraction of sp³-hybridized carbons (Fsp3) is 0.273. The number of ether oxygens (including phenoxy) is 2. The number of hydrogen-bond donors (Lipinski definition) is 1. The van der Waals surface area contributed by atoms with Crippen molar-refractivity contribution in [3.05, 3.63) is 36.2 Å². The van der Waals surface area contributed by atoms with E-state index in [-0.39, 0.29) is 6.61 Å². The van der Waals surface area contributed by atoms with Crippen LogP contribution in [0, 0.1) is 6.42 Å². The molecule has 0 fully saturated rings. The highest BCUT2D eigenvalue weighted by atomic mass is 16.5. The van der Waals surface area contributed by atoms with E-state index in [1.165, 1.54) is 0 Å². The van der Waals surface area contributed by atoms with Crippen LogP contribution in [0.3, 0.4) is 0 Å². The number of hydrogen-bond acceptors (Lipinski definition) is 3. The van der Waals surface area contributed by atoms with Crippen LogP contribution in [-0.2, 0) is 4.74 Å². The Morgan fingerprint density at radius 1 is 1.40 bits per heavy atom. The summed E-state index contributed by atoms with van der Waals surface area (Å²) in [5.74, 6) is 0.825. The standard InChI is InChI=1S/C11H14NO3/c1-2-14-10-5-3-9(4-6-10)7-8-15-11(12)13/h3-7H,2,8H2,1H3,(H2,12,13). The minimum absolute atomic E-state index is 0.184. The van der Waals surface area contributed by atoms with Gasteiger partial charge in [0.1, 0.15) is 12.4 Å². The van der Waals surface area contributed by atoms with Crippen LogP contribution in [0.2, 0.25) is 0 Å². The first-order chi connectivity index (χ1) is 7.22. The molecule has 1 rings (SSSR count). The molecule has 0 aromatic heterocycles. The molecule has 1 aromatic rings. The van der Waals surface area contributed by atoms with Crippen LogP contribution in [0.4, 0.5) is 4.79 Å². The van der Waals surface area contributed by atoms with Gasteiger partial charge in [0, 0.05) is 6.42 Å². The lowest BCUT2D eigenvalue weighted by molar-refractivity contribution is 0.166. The second kappa shape index (κ2) is 5.90. The Kier molecular flexibility index (Phi) is 4.47. The van der Waals surface area contributed by atoms with Crippen LogP contribution in [0.15, 0.2) is 24.3 Å². The van der Waals surface area contributed by atoms with Crippen LogP contribution < -0.4 is 10.5 Å². The van der Waals surface area contributed by atoms with E-state index in [1.54, 1.807) is 6.42 Å². The van der Waals surface area contributed by atoms with Crippen molar-refractivity contribution < 1.29 is 14.3 Å². The van der Waals surface area contributed by atoms with Crippen molar-refractivity contribution in [1.82, 2.24) is 0 Å². The molecule has 1 radical (unpaired) electrons. The Hall–Kier alpha value is -1.71. The molecule has 0 aliphatic rings. The molecule has 81 valence electrons. The monoisotopic (exact) mass is 208 g/mol. The third-order valence-electron chi connectivity index (χ3n) is 1.74. The Morgan fingerprint density at radius 2 is 2.07 bits per heavy atom. The summed E-state index contributed by atoms with van der Waals surface area (Å²) in [7, 11) is 0. The lowest BCUT2D eigenvalue weighted by Crippen LogP contribution is -2.13. The zero-order valence-corrected chi connectivity index (χ0v) is 8.60. The van der Waals surface area contributed by atoms with E-state index in [9.17, 15) is 4.79 Å². The fourth-order valence-corrected chi connectivity index (χ4v) is 1.09. The molecule has 0 saturated heterocycles. The largest absolute Gasteiger partial charge is 0.494 e. The molecule has 0 spiro atoms. The third kappa shape index (κ3) is 4.35. The second-order valence-electron chi connectivity index (χ2n) is 2.84. The number of carbonyl (C=O) groups excluding carboxylic acids is 1. The molecule has 1 amide bonds. The molecule has 0 saturated carbocycles. The smallest absolute Gasteiger partial charge is 0.404 e. The number of rotatable bonds is 5. The molecule has 15 heavy (non-hydrogen) atoms. The van der Waals surface area contributed by atoms with Gasteiger partial charge in [-0.05, 0) is 24.6 Å². The van der Waals surface area contributed by atoms with Crippen molar-refractivity contribution in [2.24, 2.45) is 5.73 Å². The number of amides is 1. The van der Waals surface area contributed by atoms with Crippen molar-refractivity contribution >= 4 is 6.09 Å². The predicted octanol–water partition coefficient (Wildman–Crippen LogP) is 1.73. The van der Waals surface area contributed by atoms with Gasteiger partial charge in [-0.3, -0.25) is 0 Å². The van der Waals surface area contributed by atoms with Gasteiger partial charge in [0.25, 0.3) is 0 Å². The first kappa shape index (κ1) is 11.4. The van der Waals surface area contributed by atoms with Crippen molar-refractivity contribution in [2.75, 3.05) is 13.2 Å². The van der Waals surface area contributed by atoms with E-state index in [2.05, 4.69) is 4.74 Å². The van der Waals surface area contributed by atoms with Crippen LogP contribution in [0.5, 0.6) is 5.75 Å². The topological polar surface area (TPSA) is 61.6 Å². The SMILES string of the molecule is CCOc1ccc([CH]COC(N)=O)cc1. The van der Waals surface area contributed by atoms with Gasteiger partial charge in [-0.15, -0.1) is 0 Å². The molecular formula is C11H14NO3. The minimum atomic E-state index is -0.766. The van der Waals surface area contributed by atoms with E-state index in [0.29, 0.717) is 6.61 Å². The summed E-state index contributed by atoms with van der Waals surface area (Å²) in [5.41, 5.74) is 5.78. The number of carbonyl (C=O) groups is 1. The number of nitrogens with two attached hydrogens (primary N) is 1. The molecule has 0 unspecified atom stereocenters. The normalized spacial score (nSPS) is 9.67. The summed E-state index contributed by atoms with van der Waals surface area (Å²) in [5, 5.41) is 0. The summed E-state index contributed by atoms with van der Waals surface area (Å²) >= 11 is 0. The average molecular weight is 208 g/mol. The van der Waals surface area contributed by atoms with Crippen molar-refractivity contribution in [3.63, 3.8) is 0 Å². The lowest BCUT2D eigenvalue weighted by atomic mass is 10.1. The number of primary amides is 1. The van der Waals surface area contributed by atoms with Crippen molar-refractivity contribution in [1.29, 1.82) is 0 Å². The second-order valence-corrected chi connectivity index (χ2v) is 2.84. The zero-order chi connectivity index (χ0) is 11.1. The maximum absolute atomic E-state index is 10.3. The highest BCUT2D eigenvalue weighted by Gasteiger charge is 1.97. The quantitative estimate of drug-likeness (QED) is 0.801. The first-order valence-corrected chi connectivity index (χ1v) is 4.70. The van der Waals surface area contributed by atoms with Gasteiger partial charge < -0.3 is 15.2 Å². The number of benzene rings is 1. The molecule has 4 nitrogen and oxygen atoms in total. The summed E-state index contributed by atoms with van der Waals surface area (Å²) in [6.07, 6.45) is 0.998. The third-order valence-corrected chi connectivity index (χ3v) is 1.74. The molecule has 0 bridgehead atoms. The molecule has 0 atom stereocenters. The van der Waals surface area contributed by atoms with Gasteiger partial charge in [-0.1, -0.05) is 12.1 Å². The van der Waals surface area contributed by atoms with E-state index >= 15 is 0 Å². The van der Waals surface area contributed by atoms with Crippen LogP contribution >= 0.6 is 0 Å². The van der Waals surface area contributed by atoms with Gasteiger partial charge in [-0.25, -0.2) is 4.79 Å². The zero-order valence-electron chi connectivity index (χ0n) is 8.60. The molecule has 4 heteroatoms. The van der Waals surface area contributed by atoms with Gasteiger partial charge in [0.05, 0.1) is 6.61 Å². The Labute approximate surface area is 89.0 Å². The van der Waals surface area contributed by atoms with Crippen LogP contribution in [0.25, 0.3) is 0 Å². The van der Waals surface area contributed by atoms with Gasteiger partial charge in [0.15, 0.2) is 0 Å². The summed E-state index contributed by atoms with van der Waals surface area (Å²) in [6, 6.07) is 7.49. The summed E-state index contributed by atoms with van der Waals surface area (Å²) in [6.45, 7) is 2.76. The predicted molar refractivity (Wildman–Crippen MR) is 56.5 cm³/mol. The molecular weight excluding hydrogens is 194 g/mol. The maximum Gasteiger partial charge on any atom is 0.404 e. The Bertz CT molecular complexity index is 308. The van der Waals surface area contributed by atoms with Crippen molar-refractivity contribution in [2.45, 2.75) is 6.92 Å². The molecule has 0 aliphatic carbocycles.